The molecule has 1 atom stereocenters. The molecule has 0 aromatic carbocycles. The van der Waals surface area contributed by atoms with Crippen LogP contribution in [0.1, 0.15) is 19.3 Å². The Morgan fingerprint density at radius 3 is 3.00 bits per heavy atom. The monoisotopic (exact) mass is 153 g/mol. The highest BCUT2D eigenvalue weighted by molar-refractivity contribution is 5.51. The van der Waals surface area contributed by atoms with Gasteiger partial charge in [0.25, 0.3) is 0 Å². The van der Waals surface area contributed by atoms with Gasteiger partial charge in [-0.3, -0.25) is 4.90 Å². The van der Waals surface area contributed by atoms with Crippen LogP contribution in [0.15, 0.2) is 12.2 Å². The van der Waals surface area contributed by atoms with Crippen molar-refractivity contribution in [3.8, 4) is 0 Å². The molecule has 1 heterocycles. The van der Waals surface area contributed by atoms with Crippen molar-refractivity contribution in [3.63, 3.8) is 0 Å². The third kappa shape index (κ3) is 2.46. The smallest absolute Gasteiger partial charge is 0.123 e. The number of hydrogen-bond acceptors (Lipinski definition) is 2. The van der Waals surface area contributed by atoms with Crippen molar-refractivity contribution in [1.82, 2.24) is 4.90 Å². The van der Waals surface area contributed by atoms with Gasteiger partial charge in [0.1, 0.15) is 6.29 Å². The average Bonchev–Trinajstić information content (AvgIpc) is 2.37. The van der Waals surface area contributed by atoms with E-state index in [1.54, 1.807) is 0 Å². The first kappa shape index (κ1) is 8.47. The highest BCUT2D eigenvalue weighted by Gasteiger charge is 2.16. The van der Waals surface area contributed by atoms with Gasteiger partial charge in [0.15, 0.2) is 0 Å². The van der Waals surface area contributed by atoms with Gasteiger partial charge in [-0.05, 0) is 26.4 Å². The minimum atomic E-state index is 0.560. The summed E-state index contributed by atoms with van der Waals surface area (Å²) in [4.78, 5) is 12.3. The molecule has 0 N–H and O–H groups in total. The summed E-state index contributed by atoms with van der Waals surface area (Å²) in [7, 11) is 2.13. The first-order chi connectivity index (χ1) is 5.34. The number of nitrogens with zero attached hydrogens (tertiary/aromatic N) is 1. The van der Waals surface area contributed by atoms with E-state index in [-0.39, 0.29) is 0 Å². The first-order valence-electron chi connectivity index (χ1n) is 4.15. The van der Waals surface area contributed by atoms with Gasteiger partial charge in [-0.1, -0.05) is 12.2 Å². The number of carbonyl (C=O) groups excluding carboxylic acids is 1. The quantitative estimate of drug-likeness (QED) is 0.449. The van der Waals surface area contributed by atoms with Crippen LogP contribution in [0.2, 0.25) is 0 Å². The second-order valence-corrected chi connectivity index (χ2v) is 3.02. The van der Waals surface area contributed by atoms with Crippen molar-refractivity contribution in [2.24, 2.45) is 0 Å². The number of hydrogen-bond donors (Lipinski definition) is 0. The molecular formula is C9H15NO. The number of carbonyl (C=O) groups is 1. The Hall–Kier alpha value is -0.630. The molecule has 2 heteroatoms. The van der Waals surface area contributed by atoms with Gasteiger partial charge >= 0.3 is 0 Å². The molecule has 1 aliphatic heterocycles. The fraction of sp³-hybridized carbons (Fsp3) is 0.667. The Kier molecular flexibility index (Phi) is 3.30. The van der Waals surface area contributed by atoms with Crippen molar-refractivity contribution in [2.75, 3.05) is 13.6 Å². The minimum Gasteiger partial charge on any atom is -0.303 e. The maximum absolute atomic E-state index is 10.00. The van der Waals surface area contributed by atoms with E-state index in [0.717, 1.165) is 6.29 Å². The van der Waals surface area contributed by atoms with Gasteiger partial charge in [0, 0.05) is 12.5 Å². The number of allylic oxidation sites excluding steroid dienone is 1. The Labute approximate surface area is 67.9 Å². The average molecular weight is 153 g/mol. The number of aldehydes is 1. The second kappa shape index (κ2) is 4.29. The van der Waals surface area contributed by atoms with Crippen LogP contribution >= 0.6 is 0 Å². The van der Waals surface area contributed by atoms with Crippen molar-refractivity contribution >= 4 is 6.29 Å². The van der Waals surface area contributed by atoms with Crippen LogP contribution in [-0.2, 0) is 4.79 Å². The van der Waals surface area contributed by atoms with Crippen LogP contribution in [-0.4, -0.2) is 30.8 Å². The van der Waals surface area contributed by atoms with Gasteiger partial charge in [-0.25, -0.2) is 0 Å². The zero-order valence-corrected chi connectivity index (χ0v) is 6.99. The second-order valence-electron chi connectivity index (χ2n) is 3.02. The summed E-state index contributed by atoms with van der Waals surface area (Å²) < 4.78 is 0. The van der Waals surface area contributed by atoms with Crippen LogP contribution in [0.25, 0.3) is 0 Å². The zero-order chi connectivity index (χ0) is 8.10. The molecule has 1 rings (SSSR count). The van der Waals surface area contributed by atoms with Gasteiger partial charge in [0.05, 0.1) is 0 Å². The minimum absolute atomic E-state index is 0.560. The van der Waals surface area contributed by atoms with Crippen LogP contribution in [0, 0.1) is 0 Å². The summed E-state index contributed by atoms with van der Waals surface area (Å²) in [5.74, 6) is 0. The number of likely N-dealkylation sites (N-methyl/N-ethyl adjacent to an activating group) is 1. The molecule has 0 aromatic rings. The van der Waals surface area contributed by atoms with E-state index in [1.807, 2.05) is 6.08 Å². The lowest BCUT2D eigenvalue weighted by atomic mass is 10.2. The number of likely N-dealkylation sites (tertiary alicyclic amines) is 1. The van der Waals surface area contributed by atoms with E-state index in [2.05, 4.69) is 18.0 Å². The molecule has 1 saturated heterocycles. The summed E-state index contributed by atoms with van der Waals surface area (Å²) in [6, 6.07) is 0.579. The molecule has 0 radical (unpaired) electrons. The topological polar surface area (TPSA) is 20.3 Å². The van der Waals surface area contributed by atoms with Crippen LogP contribution in [0.5, 0.6) is 0 Å². The predicted molar refractivity (Wildman–Crippen MR) is 45.5 cm³/mol. The van der Waals surface area contributed by atoms with Crippen molar-refractivity contribution < 1.29 is 4.79 Å². The van der Waals surface area contributed by atoms with Gasteiger partial charge in [0.2, 0.25) is 0 Å². The predicted octanol–water partition coefficient (Wildman–Crippen LogP) is 1.23. The molecule has 11 heavy (non-hydrogen) atoms. The van der Waals surface area contributed by atoms with E-state index in [9.17, 15) is 4.79 Å². The Balaban J connectivity index is 2.29. The van der Waals surface area contributed by atoms with Crippen LogP contribution < -0.4 is 0 Å². The molecular weight excluding hydrogens is 138 g/mol. The summed E-state index contributed by atoms with van der Waals surface area (Å²) >= 11 is 0. The third-order valence-electron chi connectivity index (χ3n) is 2.17. The summed E-state index contributed by atoms with van der Waals surface area (Å²) in [6.07, 6.45) is 8.12. The zero-order valence-electron chi connectivity index (χ0n) is 6.99. The summed E-state index contributed by atoms with van der Waals surface area (Å²) in [5.41, 5.74) is 0. The SMILES string of the molecule is CN1CCCC1/C=C\CC=O. The standard InChI is InChI=1S/C9H15NO/c1-10-7-4-6-9(10)5-2-3-8-11/h2,5,8-9H,3-4,6-7H2,1H3/b5-2-. The van der Waals surface area contributed by atoms with Crippen molar-refractivity contribution in [1.29, 1.82) is 0 Å². The van der Waals surface area contributed by atoms with Gasteiger partial charge in [-0.15, -0.1) is 0 Å². The Morgan fingerprint density at radius 2 is 2.45 bits per heavy atom. The van der Waals surface area contributed by atoms with Crippen molar-refractivity contribution in [2.45, 2.75) is 25.3 Å². The molecule has 1 aliphatic rings. The molecule has 2 nitrogen and oxygen atoms in total. The Morgan fingerprint density at radius 1 is 1.64 bits per heavy atom. The molecule has 0 bridgehead atoms. The van der Waals surface area contributed by atoms with E-state index in [1.165, 1.54) is 19.4 Å². The lowest BCUT2D eigenvalue weighted by molar-refractivity contribution is -0.107. The molecule has 1 fully saturated rings. The van der Waals surface area contributed by atoms with Crippen LogP contribution in [0.3, 0.4) is 0 Å². The molecule has 1 unspecified atom stereocenters. The van der Waals surface area contributed by atoms with Crippen LogP contribution in [0.4, 0.5) is 0 Å². The largest absolute Gasteiger partial charge is 0.303 e. The molecule has 0 aromatic heterocycles. The Bertz CT molecular complexity index is 154. The number of rotatable bonds is 3. The molecule has 62 valence electrons. The summed E-state index contributed by atoms with van der Waals surface area (Å²) in [5, 5.41) is 0. The summed E-state index contributed by atoms with van der Waals surface area (Å²) in [6.45, 7) is 1.19. The fourth-order valence-corrected chi connectivity index (χ4v) is 1.47. The normalized spacial score (nSPS) is 26.5. The molecule has 0 spiro atoms. The van der Waals surface area contributed by atoms with Gasteiger partial charge < -0.3 is 4.79 Å². The van der Waals surface area contributed by atoms with E-state index < -0.39 is 0 Å². The maximum Gasteiger partial charge on any atom is 0.123 e. The fourth-order valence-electron chi connectivity index (χ4n) is 1.47. The molecule has 0 amide bonds. The van der Waals surface area contributed by atoms with E-state index in [4.69, 9.17) is 0 Å². The van der Waals surface area contributed by atoms with E-state index >= 15 is 0 Å². The highest BCUT2D eigenvalue weighted by Crippen LogP contribution is 2.15. The van der Waals surface area contributed by atoms with E-state index in [0.29, 0.717) is 12.5 Å². The first-order valence-corrected chi connectivity index (χ1v) is 4.15. The highest BCUT2D eigenvalue weighted by atomic mass is 16.1. The third-order valence-corrected chi connectivity index (χ3v) is 2.17. The van der Waals surface area contributed by atoms with Gasteiger partial charge in [-0.2, -0.15) is 0 Å². The lowest BCUT2D eigenvalue weighted by Crippen LogP contribution is -2.22. The maximum atomic E-state index is 10.00. The molecule has 0 saturated carbocycles. The lowest BCUT2D eigenvalue weighted by Gasteiger charge is -2.14. The molecule has 0 aliphatic carbocycles. The van der Waals surface area contributed by atoms with Crippen molar-refractivity contribution in [3.05, 3.63) is 12.2 Å².